The van der Waals surface area contributed by atoms with Crippen molar-refractivity contribution in [1.82, 2.24) is 20.4 Å². The van der Waals surface area contributed by atoms with Crippen molar-refractivity contribution in [2.75, 3.05) is 7.05 Å². The highest BCUT2D eigenvalue weighted by atomic mass is 16.2. The molecule has 1 atom stereocenters. The Hall–Kier alpha value is -1.92. The highest BCUT2D eigenvalue weighted by molar-refractivity contribution is 5.78. The molecule has 0 radical (unpaired) electrons. The SMILES string of the molecule is CNNC(=O)CC(N)c1ccc2c(c1)nc(C)n2C. The van der Waals surface area contributed by atoms with Gasteiger partial charge in [0, 0.05) is 26.6 Å². The van der Waals surface area contributed by atoms with Crippen LogP contribution >= 0.6 is 0 Å². The predicted octanol–water partition coefficient (Wildman–Crippen LogP) is 0.522. The minimum Gasteiger partial charge on any atom is -0.331 e. The lowest BCUT2D eigenvalue weighted by atomic mass is 10.0. The number of aryl methyl sites for hydroxylation is 2. The van der Waals surface area contributed by atoms with Crippen LogP contribution in [0.15, 0.2) is 18.2 Å². The number of nitrogens with one attached hydrogen (secondary N) is 2. The Morgan fingerprint density at radius 1 is 1.53 bits per heavy atom. The fourth-order valence-corrected chi connectivity index (χ4v) is 2.08. The molecule has 0 fully saturated rings. The van der Waals surface area contributed by atoms with Gasteiger partial charge in [-0.2, -0.15) is 0 Å². The van der Waals surface area contributed by atoms with E-state index in [1.165, 1.54) is 0 Å². The number of carbonyl (C=O) groups is 1. The van der Waals surface area contributed by atoms with E-state index in [1.54, 1.807) is 7.05 Å². The predicted molar refractivity (Wildman–Crippen MR) is 74.2 cm³/mol. The summed E-state index contributed by atoms with van der Waals surface area (Å²) in [6.45, 7) is 1.96. The number of amides is 1. The lowest BCUT2D eigenvalue weighted by molar-refractivity contribution is -0.122. The Morgan fingerprint density at radius 3 is 2.95 bits per heavy atom. The van der Waals surface area contributed by atoms with E-state index < -0.39 is 0 Å². The van der Waals surface area contributed by atoms with Crippen LogP contribution in [0.2, 0.25) is 0 Å². The summed E-state index contributed by atoms with van der Waals surface area (Å²) in [5, 5.41) is 0. The third kappa shape index (κ3) is 2.74. The lowest BCUT2D eigenvalue weighted by Gasteiger charge is -2.11. The van der Waals surface area contributed by atoms with Crippen molar-refractivity contribution in [2.24, 2.45) is 12.8 Å². The fourth-order valence-electron chi connectivity index (χ4n) is 2.08. The topological polar surface area (TPSA) is 85.0 Å². The molecule has 1 unspecified atom stereocenters. The molecule has 2 aromatic rings. The molecule has 4 N–H and O–H groups in total. The quantitative estimate of drug-likeness (QED) is 0.701. The summed E-state index contributed by atoms with van der Waals surface area (Å²) in [5.74, 6) is 0.820. The van der Waals surface area contributed by atoms with Gasteiger partial charge >= 0.3 is 0 Å². The van der Waals surface area contributed by atoms with Crippen molar-refractivity contribution in [1.29, 1.82) is 0 Å². The molecule has 1 amide bonds. The smallest absolute Gasteiger partial charge is 0.235 e. The first kappa shape index (κ1) is 13.5. The molecule has 6 heteroatoms. The molecule has 0 saturated heterocycles. The molecule has 1 heterocycles. The summed E-state index contributed by atoms with van der Waals surface area (Å²) < 4.78 is 2.03. The zero-order valence-electron chi connectivity index (χ0n) is 11.4. The van der Waals surface area contributed by atoms with E-state index in [0.717, 1.165) is 22.4 Å². The number of benzene rings is 1. The van der Waals surface area contributed by atoms with E-state index in [9.17, 15) is 4.79 Å². The zero-order valence-corrected chi connectivity index (χ0v) is 11.4. The van der Waals surface area contributed by atoms with E-state index in [4.69, 9.17) is 5.73 Å². The van der Waals surface area contributed by atoms with Crippen LogP contribution in [0, 0.1) is 6.92 Å². The van der Waals surface area contributed by atoms with Crippen LogP contribution in [0.25, 0.3) is 11.0 Å². The Morgan fingerprint density at radius 2 is 2.26 bits per heavy atom. The average Bonchev–Trinajstić information content (AvgIpc) is 2.65. The van der Waals surface area contributed by atoms with Gasteiger partial charge in [-0.3, -0.25) is 10.2 Å². The number of nitrogens with two attached hydrogens (primary N) is 1. The van der Waals surface area contributed by atoms with Gasteiger partial charge in [-0.05, 0) is 24.6 Å². The molecule has 2 rings (SSSR count). The van der Waals surface area contributed by atoms with Crippen LogP contribution in [0.1, 0.15) is 23.9 Å². The highest BCUT2D eigenvalue weighted by Crippen LogP contribution is 2.21. The second kappa shape index (κ2) is 5.38. The Labute approximate surface area is 112 Å². The number of hydrazine groups is 1. The largest absolute Gasteiger partial charge is 0.331 e. The van der Waals surface area contributed by atoms with Gasteiger partial charge < -0.3 is 10.3 Å². The molecule has 19 heavy (non-hydrogen) atoms. The zero-order chi connectivity index (χ0) is 14.0. The standard InChI is InChI=1S/C13H19N5O/c1-8-16-11-6-9(4-5-12(11)18(8)3)10(14)7-13(19)17-15-2/h4-6,10,15H,7,14H2,1-3H3,(H,17,19). The molecule has 102 valence electrons. The van der Waals surface area contributed by atoms with E-state index >= 15 is 0 Å². The number of carbonyl (C=O) groups excluding carboxylic acids is 1. The summed E-state index contributed by atoms with van der Waals surface area (Å²) in [5.41, 5.74) is 14.0. The fraction of sp³-hybridized carbons (Fsp3) is 0.385. The van der Waals surface area contributed by atoms with Crippen LogP contribution in [0.5, 0.6) is 0 Å². The number of fused-ring (bicyclic) bond motifs is 1. The van der Waals surface area contributed by atoms with Crippen LogP contribution in [-0.4, -0.2) is 22.5 Å². The number of hydrogen-bond acceptors (Lipinski definition) is 4. The molecule has 0 saturated carbocycles. The molecule has 0 aliphatic rings. The molecule has 0 spiro atoms. The summed E-state index contributed by atoms with van der Waals surface area (Å²) in [4.78, 5) is 15.9. The molecule has 1 aromatic heterocycles. The van der Waals surface area contributed by atoms with Gasteiger partial charge in [-0.25, -0.2) is 10.4 Å². The number of imidazole rings is 1. The molecule has 0 aliphatic heterocycles. The second-order valence-electron chi connectivity index (χ2n) is 4.57. The summed E-state index contributed by atoms with van der Waals surface area (Å²) in [6.07, 6.45) is 0.234. The third-order valence-electron chi connectivity index (χ3n) is 3.23. The summed E-state index contributed by atoms with van der Waals surface area (Å²) >= 11 is 0. The summed E-state index contributed by atoms with van der Waals surface area (Å²) in [7, 11) is 3.62. The lowest BCUT2D eigenvalue weighted by Crippen LogP contribution is -2.36. The first-order valence-electron chi connectivity index (χ1n) is 6.17. The van der Waals surface area contributed by atoms with E-state index in [0.29, 0.717) is 0 Å². The van der Waals surface area contributed by atoms with Crippen molar-refractivity contribution in [3.8, 4) is 0 Å². The van der Waals surface area contributed by atoms with Gasteiger partial charge in [-0.1, -0.05) is 6.07 Å². The maximum absolute atomic E-state index is 11.5. The number of aromatic nitrogens is 2. The number of nitrogens with zero attached hydrogens (tertiary/aromatic N) is 2. The monoisotopic (exact) mass is 261 g/mol. The van der Waals surface area contributed by atoms with Crippen LogP contribution in [-0.2, 0) is 11.8 Å². The van der Waals surface area contributed by atoms with Gasteiger partial charge in [0.25, 0.3) is 0 Å². The minimum atomic E-state index is -0.333. The Bertz CT molecular complexity index is 604. The molecule has 6 nitrogen and oxygen atoms in total. The van der Waals surface area contributed by atoms with Crippen molar-refractivity contribution in [3.63, 3.8) is 0 Å². The van der Waals surface area contributed by atoms with Gasteiger partial charge in [0.2, 0.25) is 5.91 Å². The Kier molecular flexibility index (Phi) is 3.82. The van der Waals surface area contributed by atoms with Crippen LogP contribution in [0.4, 0.5) is 0 Å². The van der Waals surface area contributed by atoms with E-state index in [-0.39, 0.29) is 18.4 Å². The minimum absolute atomic E-state index is 0.132. The third-order valence-corrected chi connectivity index (χ3v) is 3.23. The molecular weight excluding hydrogens is 242 g/mol. The van der Waals surface area contributed by atoms with Gasteiger partial charge in [0.15, 0.2) is 0 Å². The molecule has 0 aliphatic carbocycles. The Balaban J connectivity index is 2.23. The first-order chi connectivity index (χ1) is 9.02. The number of hydrogen-bond donors (Lipinski definition) is 3. The second-order valence-corrected chi connectivity index (χ2v) is 4.57. The van der Waals surface area contributed by atoms with Crippen molar-refractivity contribution < 1.29 is 4.79 Å². The van der Waals surface area contributed by atoms with Crippen molar-refractivity contribution in [3.05, 3.63) is 29.6 Å². The molecule has 1 aromatic carbocycles. The van der Waals surface area contributed by atoms with Gasteiger partial charge in [0.05, 0.1) is 11.0 Å². The van der Waals surface area contributed by atoms with Crippen molar-refractivity contribution >= 4 is 16.9 Å². The molecule has 0 bridgehead atoms. The maximum atomic E-state index is 11.5. The normalized spacial score (nSPS) is 12.6. The summed E-state index contributed by atoms with van der Waals surface area (Å²) in [6, 6.07) is 5.54. The van der Waals surface area contributed by atoms with Gasteiger partial charge in [-0.15, -0.1) is 0 Å². The first-order valence-corrected chi connectivity index (χ1v) is 6.17. The van der Waals surface area contributed by atoms with E-state index in [2.05, 4.69) is 15.8 Å². The number of rotatable bonds is 4. The van der Waals surface area contributed by atoms with Crippen LogP contribution < -0.4 is 16.6 Å². The van der Waals surface area contributed by atoms with Crippen LogP contribution in [0.3, 0.4) is 0 Å². The van der Waals surface area contributed by atoms with E-state index in [1.807, 2.05) is 36.7 Å². The van der Waals surface area contributed by atoms with Crippen molar-refractivity contribution in [2.45, 2.75) is 19.4 Å². The average molecular weight is 261 g/mol. The highest BCUT2D eigenvalue weighted by Gasteiger charge is 2.13. The van der Waals surface area contributed by atoms with Gasteiger partial charge in [0.1, 0.15) is 5.82 Å². The maximum Gasteiger partial charge on any atom is 0.235 e. The molecular formula is C13H19N5O.